The average Bonchev–Trinajstić information content (AvgIpc) is 3.21. The Hall–Kier alpha value is -3.58. The third-order valence-electron chi connectivity index (χ3n) is 5.10. The van der Waals surface area contributed by atoms with Crippen molar-refractivity contribution in [2.45, 2.75) is 6.92 Å². The van der Waals surface area contributed by atoms with Gasteiger partial charge in [-0.25, -0.2) is 4.68 Å². The van der Waals surface area contributed by atoms with Crippen molar-refractivity contribution in [2.24, 2.45) is 10.1 Å². The van der Waals surface area contributed by atoms with Crippen LogP contribution in [0.3, 0.4) is 0 Å². The van der Waals surface area contributed by atoms with Gasteiger partial charge in [0.1, 0.15) is 17.2 Å². The highest BCUT2D eigenvalue weighted by Crippen LogP contribution is 2.34. The summed E-state index contributed by atoms with van der Waals surface area (Å²) in [5.74, 6) is 1.64. The number of ether oxygens (including phenoxy) is 2. The van der Waals surface area contributed by atoms with E-state index >= 15 is 0 Å². The predicted molar refractivity (Wildman–Crippen MR) is 126 cm³/mol. The maximum atomic E-state index is 10.9. The molecule has 0 aliphatic rings. The molecule has 4 rings (SSSR count). The van der Waals surface area contributed by atoms with Crippen LogP contribution in [0.2, 0.25) is 0 Å². The van der Waals surface area contributed by atoms with E-state index in [1.807, 2.05) is 66.9 Å². The number of nitrogens with zero attached hydrogens (tertiary/aromatic N) is 3. The molecule has 0 aliphatic heterocycles. The molecule has 0 saturated carbocycles. The zero-order valence-electron chi connectivity index (χ0n) is 17.8. The fraction of sp³-hybridized carbons (Fsp3) is 0.167. The topological polar surface area (TPSA) is 68.3 Å². The summed E-state index contributed by atoms with van der Waals surface area (Å²) in [4.78, 5) is 5.10. The minimum atomic E-state index is 0.214. The van der Waals surface area contributed by atoms with Crippen molar-refractivity contribution < 1.29 is 14.6 Å². The fourth-order valence-electron chi connectivity index (χ4n) is 3.50. The quantitative estimate of drug-likeness (QED) is 0.456. The van der Waals surface area contributed by atoms with Crippen LogP contribution in [0.1, 0.15) is 12.5 Å². The van der Waals surface area contributed by atoms with Crippen LogP contribution in [0.25, 0.3) is 22.0 Å². The van der Waals surface area contributed by atoms with Crippen LogP contribution in [0, 0.1) is 0 Å². The number of thiazole rings is 1. The average molecular weight is 434 g/mol. The molecule has 0 atom stereocenters. The lowest BCUT2D eigenvalue weighted by Crippen LogP contribution is -2.14. The second-order valence-electron chi connectivity index (χ2n) is 6.87. The van der Waals surface area contributed by atoms with Crippen LogP contribution in [0.4, 0.5) is 0 Å². The highest BCUT2D eigenvalue weighted by atomic mass is 32.1. The molecule has 1 aromatic heterocycles. The number of aromatic nitrogens is 1. The van der Waals surface area contributed by atoms with E-state index in [1.165, 1.54) is 11.3 Å². The minimum Gasteiger partial charge on any atom is -0.507 e. The summed E-state index contributed by atoms with van der Waals surface area (Å²) in [6.07, 6.45) is 0. The molecular weight excluding hydrogens is 410 g/mol. The first-order chi connectivity index (χ1) is 15.1. The number of benzene rings is 3. The first-order valence-electron chi connectivity index (χ1n) is 9.69. The maximum Gasteiger partial charge on any atom is 0.205 e. The van der Waals surface area contributed by atoms with Crippen LogP contribution >= 0.6 is 11.3 Å². The molecule has 0 radical (unpaired) electrons. The van der Waals surface area contributed by atoms with Gasteiger partial charge in [0, 0.05) is 28.9 Å². The zero-order valence-corrected chi connectivity index (χ0v) is 18.6. The lowest BCUT2D eigenvalue weighted by Gasteiger charge is -2.12. The number of phenolic OH excluding ortho intramolecular Hbond substituents is 1. The summed E-state index contributed by atoms with van der Waals surface area (Å²) in [6.45, 7) is 1.88. The minimum absolute atomic E-state index is 0.214. The van der Waals surface area contributed by atoms with Crippen molar-refractivity contribution in [3.63, 3.8) is 0 Å². The molecule has 3 aromatic carbocycles. The Bertz CT molecular complexity index is 1350. The molecule has 0 spiro atoms. The second-order valence-corrected chi connectivity index (χ2v) is 7.71. The Kier molecular flexibility index (Phi) is 5.77. The van der Waals surface area contributed by atoms with Gasteiger partial charge in [-0.1, -0.05) is 30.3 Å². The molecule has 0 saturated heterocycles. The van der Waals surface area contributed by atoms with E-state index in [0.29, 0.717) is 17.0 Å². The van der Waals surface area contributed by atoms with E-state index in [-0.39, 0.29) is 5.75 Å². The van der Waals surface area contributed by atoms with Gasteiger partial charge in [-0.2, -0.15) is 5.10 Å². The number of methoxy groups -OCH3 is 2. The number of rotatable bonds is 5. The number of phenols is 1. The standard InChI is InChI=1S/C24H23N3O3S/c1-15(18-11-9-16-7-5-6-8-19(16)23(18)28)26-27-21(14-31-24(27)25-2)20-13-17(29-3)10-12-22(20)30-4/h5-14,28H,1-4H3. The molecule has 0 bridgehead atoms. The van der Waals surface area contributed by atoms with Gasteiger partial charge in [-0.15, -0.1) is 11.3 Å². The van der Waals surface area contributed by atoms with Crippen LogP contribution < -0.4 is 14.3 Å². The summed E-state index contributed by atoms with van der Waals surface area (Å²) in [5, 5.41) is 19.4. The van der Waals surface area contributed by atoms with Crippen molar-refractivity contribution in [2.75, 3.05) is 21.3 Å². The molecule has 158 valence electrons. The van der Waals surface area contributed by atoms with Gasteiger partial charge < -0.3 is 14.6 Å². The van der Waals surface area contributed by atoms with Gasteiger partial charge in [-0.05, 0) is 36.6 Å². The normalized spacial score (nSPS) is 12.4. The van der Waals surface area contributed by atoms with Gasteiger partial charge in [-0.3, -0.25) is 4.99 Å². The molecule has 6 nitrogen and oxygen atoms in total. The lowest BCUT2D eigenvalue weighted by atomic mass is 10.0. The molecule has 0 aliphatic carbocycles. The molecule has 0 fully saturated rings. The SMILES string of the molecule is CN=c1scc(-c2cc(OC)ccc2OC)n1N=C(C)c1ccc2ccccc2c1O. The largest absolute Gasteiger partial charge is 0.507 e. The smallest absolute Gasteiger partial charge is 0.205 e. The molecule has 0 amide bonds. The maximum absolute atomic E-state index is 10.9. The molecule has 4 aromatic rings. The van der Waals surface area contributed by atoms with Gasteiger partial charge in [0.2, 0.25) is 4.80 Å². The lowest BCUT2D eigenvalue weighted by molar-refractivity contribution is 0.404. The summed E-state index contributed by atoms with van der Waals surface area (Å²) in [5.41, 5.74) is 3.00. The van der Waals surface area contributed by atoms with E-state index in [9.17, 15) is 5.11 Å². The molecule has 1 heterocycles. The van der Waals surface area contributed by atoms with Gasteiger partial charge in [0.05, 0.1) is 25.6 Å². The summed E-state index contributed by atoms with van der Waals surface area (Å²) >= 11 is 1.48. The summed E-state index contributed by atoms with van der Waals surface area (Å²) in [7, 11) is 4.99. The van der Waals surface area contributed by atoms with E-state index in [4.69, 9.17) is 14.6 Å². The molecule has 31 heavy (non-hydrogen) atoms. The van der Waals surface area contributed by atoms with E-state index in [2.05, 4.69) is 4.99 Å². The zero-order chi connectivity index (χ0) is 22.0. The molecule has 1 N–H and O–H groups in total. The van der Waals surface area contributed by atoms with E-state index in [0.717, 1.165) is 32.6 Å². The van der Waals surface area contributed by atoms with E-state index < -0.39 is 0 Å². The monoisotopic (exact) mass is 433 g/mol. The van der Waals surface area contributed by atoms with Crippen LogP contribution in [0.15, 0.2) is 70.1 Å². The van der Waals surface area contributed by atoms with Crippen molar-refractivity contribution in [3.8, 4) is 28.5 Å². The van der Waals surface area contributed by atoms with Crippen LogP contribution in [0.5, 0.6) is 17.2 Å². The third-order valence-corrected chi connectivity index (χ3v) is 6.01. The Morgan fingerprint density at radius 2 is 1.84 bits per heavy atom. The first-order valence-corrected chi connectivity index (χ1v) is 10.6. The summed E-state index contributed by atoms with van der Waals surface area (Å²) in [6, 6.07) is 17.2. The number of hydrogen-bond acceptors (Lipinski definition) is 6. The molecule has 7 heteroatoms. The molecular formula is C24H23N3O3S. The first kappa shape index (κ1) is 20.7. The van der Waals surface area contributed by atoms with Crippen molar-refractivity contribution >= 4 is 27.8 Å². The number of aromatic hydroxyl groups is 1. The van der Waals surface area contributed by atoms with Gasteiger partial charge >= 0.3 is 0 Å². The Morgan fingerprint density at radius 1 is 1.03 bits per heavy atom. The number of hydrogen-bond donors (Lipinski definition) is 1. The highest BCUT2D eigenvalue weighted by molar-refractivity contribution is 7.07. The second kappa shape index (κ2) is 8.65. The van der Waals surface area contributed by atoms with Crippen LogP contribution in [-0.4, -0.2) is 36.8 Å². The Morgan fingerprint density at radius 3 is 2.58 bits per heavy atom. The Labute approximate surface area is 184 Å². The summed E-state index contributed by atoms with van der Waals surface area (Å²) < 4.78 is 12.7. The van der Waals surface area contributed by atoms with Gasteiger partial charge in [0.15, 0.2) is 0 Å². The third kappa shape index (κ3) is 3.80. The van der Waals surface area contributed by atoms with Gasteiger partial charge in [0.25, 0.3) is 0 Å². The Balaban J connectivity index is 1.90. The highest BCUT2D eigenvalue weighted by Gasteiger charge is 2.15. The van der Waals surface area contributed by atoms with Crippen molar-refractivity contribution in [1.82, 2.24) is 4.68 Å². The van der Waals surface area contributed by atoms with Crippen LogP contribution in [-0.2, 0) is 0 Å². The van der Waals surface area contributed by atoms with E-state index in [1.54, 1.807) is 25.9 Å². The van der Waals surface area contributed by atoms with Crippen molar-refractivity contribution in [3.05, 3.63) is 70.3 Å². The van der Waals surface area contributed by atoms with Crippen molar-refractivity contribution in [1.29, 1.82) is 0 Å². The fourth-order valence-corrected chi connectivity index (χ4v) is 4.29. The predicted octanol–water partition coefficient (Wildman–Crippen LogP) is 4.90. The number of fused-ring (bicyclic) bond motifs is 1. The molecule has 0 unspecified atom stereocenters.